The average molecular weight is 248 g/mol. The Bertz CT molecular complexity index is 277. The molecule has 0 saturated heterocycles. The van der Waals surface area contributed by atoms with Crippen LogP contribution in [0.2, 0.25) is 0 Å². The van der Waals surface area contributed by atoms with E-state index in [0.717, 1.165) is 0 Å². The fourth-order valence-electron chi connectivity index (χ4n) is 3.48. The summed E-state index contributed by atoms with van der Waals surface area (Å²) >= 11 is 0. The zero-order valence-corrected chi connectivity index (χ0v) is 11.0. The molecule has 1 fully saturated rings. The molecule has 18 heavy (non-hydrogen) atoms. The minimum atomic E-state index is -0.591. The van der Waals surface area contributed by atoms with Gasteiger partial charge in [0.15, 0.2) is 0 Å². The Morgan fingerprint density at radius 1 is 0.667 bits per heavy atom. The SMILES string of the molecule is C=CCC1(CC=C)C(O)C(CC=C)(CC=C)C1O. The highest BCUT2D eigenvalue weighted by Crippen LogP contribution is 2.62. The molecular weight excluding hydrogens is 224 g/mol. The van der Waals surface area contributed by atoms with E-state index in [0.29, 0.717) is 25.7 Å². The zero-order valence-electron chi connectivity index (χ0n) is 11.0. The van der Waals surface area contributed by atoms with Crippen LogP contribution < -0.4 is 0 Å². The first-order chi connectivity index (χ1) is 8.55. The van der Waals surface area contributed by atoms with Crippen molar-refractivity contribution < 1.29 is 10.2 Å². The van der Waals surface area contributed by atoms with Crippen LogP contribution in [0.15, 0.2) is 50.6 Å². The molecule has 0 heterocycles. The second kappa shape index (κ2) is 5.68. The maximum Gasteiger partial charge on any atom is 0.0714 e. The topological polar surface area (TPSA) is 40.5 Å². The number of aliphatic hydroxyl groups is 2. The lowest BCUT2D eigenvalue weighted by Gasteiger charge is -2.64. The van der Waals surface area contributed by atoms with E-state index in [-0.39, 0.29) is 0 Å². The van der Waals surface area contributed by atoms with Gasteiger partial charge in [-0.2, -0.15) is 0 Å². The molecule has 0 aliphatic heterocycles. The van der Waals surface area contributed by atoms with Crippen LogP contribution in [-0.4, -0.2) is 22.4 Å². The Morgan fingerprint density at radius 2 is 0.889 bits per heavy atom. The van der Waals surface area contributed by atoms with Crippen molar-refractivity contribution in [3.63, 3.8) is 0 Å². The first-order valence-corrected chi connectivity index (χ1v) is 6.35. The van der Waals surface area contributed by atoms with Gasteiger partial charge in [-0.1, -0.05) is 24.3 Å². The molecule has 1 rings (SSSR count). The number of hydrogen-bond donors (Lipinski definition) is 2. The van der Waals surface area contributed by atoms with Gasteiger partial charge >= 0.3 is 0 Å². The molecule has 1 aliphatic rings. The lowest BCUT2D eigenvalue weighted by Crippen LogP contribution is -2.71. The fourth-order valence-corrected chi connectivity index (χ4v) is 3.48. The van der Waals surface area contributed by atoms with Crippen LogP contribution in [0.5, 0.6) is 0 Å². The van der Waals surface area contributed by atoms with Gasteiger partial charge in [0, 0.05) is 10.8 Å². The Hall–Kier alpha value is -1.12. The number of hydrogen-bond acceptors (Lipinski definition) is 2. The highest BCUT2D eigenvalue weighted by molar-refractivity contribution is 5.22. The number of aliphatic hydroxyl groups excluding tert-OH is 2. The van der Waals surface area contributed by atoms with Crippen LogP contribution >= 0.6 is 0 Å². The fraction of sp³-hybridized carbons (Fsp3) is 0.500. The monoisotopic (exact) mass is 248 g/mol. The summed E-state index contributed by atoms with van der Waals surface area (Å²) in [6.45, 7) is 14.9. The van der Waals surface area contributed by atoms with Crippen molar-refractivity contribution in [1.29, 1.82) is 0 Å². The maximum absolute atomic E-state index is 10.6. The highest BCUT2D eigenvalue weighted by atomic mass is 16.3. The average Bonchev–Trinajstić information content (AvgIpc) is 2.36. The Morgan fingerprint density at radius 3 is 1.06 bits per heavy atom. The lowest BCUT2D eigenvalue weighted by molar-refractivity contribution is -0.273. The van der Waals surface area contributed by atoms with Crippen molar-refractivity contribution in [3.05, 3.63) is 50.6 Å². The Kier molecular flexibility index (Phi) is 4.71. The molecule has 0 bridgehead atoms. The van der Waals surface area contributed by atoms with Crippen LogP contribution in [0.4, 0.5) is 0 Å². The van der Waals surface area contributed by atoms with Crippen LogP contribution in [0.1, 0.15) is 25.7 Å². The third-order valence-electron chi connectivity index (χ3n) is 4.28. The number of allylic oxidation sites excluding steroid dienone is 4. The molecular formula is C16H24O2. The van der Waals surface area contributed by atoms with E-state index in [9.17, 15) is 10.2 Å². The highest BCUT2D eigenvalue weighted by Gasteiger charge is 2.67. The quantitative estimate of drug-likeness (QED) is 0.648. The van der Waals surface area contributed by atoms with Gasteiger partial charge in [0.1, 0.15) is 0 Å². The molecule has 2 nitrogen and oxygen atoms in total. The van der Waals surface area contributed by atoms with E-state index in [1.165, 1.54) is 0 Å². The van der Waals surface area contributed by atoms with Crippen molar-refractivity contribution in [2.24, 2.45) is 10.8 Å². The van der Waals surface area contributed by atoms with Gasteiger partial charge in [-0.05, 0) is 25.7 Å². The summed E-state index contributed by atoms with van der Waals surface area (Å²) in [7, 11) is 0. The van der Waals surface area contributed by atoms with E-state index in [2.05, 4.69) is 26.3 Å². The third-order valence-corrected chi connectivity index (χ3v) is 4.28. The van der Waals surface area contributed by atoms with Crippen LogP contribution in [0, 0.1) is 10.8 Å². The molecule has 0 unspecified atom stereocenters. The van der Waals surface area contributed by atoms with E-state index in [1.807, 2.05) is 0 Å². The van der Waals surface area contributed by atoms with Gasteiger partial charge in [0.25, 0.3) is 0 Å². The van der Waals surface area contributed by atoms with Crippen molar-refractivity contribution in [1.82, 2.24) is 0 Å². The second-order valence-corrected chi connectivity index (χ2v) is 5.24. The molecule has 0 aromatic carbocycles. The molecule has 0 radical (unpaired) electrons. The molecule has 2 N–H and O–H groups in total. The van der Waals surface area contributed by atoms with Gasteiger partial charge in [-0.3, -0.25) is 0 Å². The summed E-state index contributed by atoms with van der Waals surface area (Å²) in [6.07, 6.45) is 8.15. The number of rotatable bonds is 8. The third kappa shape index (κ3) is 1.90. The minimum absolute atomic E-state index is 0.546. The van der Waals surface area contributed by atoms with E-state index in [4.69, 9.17) is 0 Å². The Labute approximate surface area is 110 Å². The molecule has 0 amide bonds. The van der Waals surface area contributed by atoms with Crippen molar-refractivity contribution in [2.45, 2.75) is 37.9 Å². The van der Waals surface area contributed by atoms with Gasteiger partial charge < -0.3 is 10.2 Å². The maximum atomic E-state index is 10.6. The molecule has 0 atom stereocenters. The summed E-state index contributed by atoms with van der Waals surface area (Å²) < 4.78 is 0. The smallest absolute Gasteiger partial charge is 0.0714 e. The molecule has 0 spiro atoms. The van der Waals surface area contributed by atoms with Crippen LogP contribution in [-0.2, 0) is 0 Å². The molecule has 2 heteroatoms. The predicted octanol–water partition coefficient (Wildman–Crippen LogP) is 3.00. The van der Waals surface area contributed by atoms with E-state index >= 15 is 0 Å². The van der Waals surface area contributed by atoms with Crippen LogP contribution in [0.3, 0.4) is 0 Å². The van der Waals surface area contributed by atoms with Gasteiger partial charge in [0.05, 0.1) is 12.2 Å². The largest absolute Gasteiger partial charge is 0.392 e. The van der Waals surface area contributed by atoms with Crippen molar-refractivity contribution >= 4 is 0 Å². The summed E-state index contributed by atoms with van der Waals surface area (Å²) in [4.78, 5) is 0. The first kappa shape index (κ1) is 14.9. The van der Waals surface area contributed by atoms with Crippen molar-refractivity contribution in [3.8, 4) is 0 Å². The zero-order chi connectivity index (χ0) is 13.8. The summed E-state index contributed by atoms with van der Waals surface area (Å²) in [5.74, 6) is 0. The summed E-state index contributed by atoms with van der Waals surface area (Å²) in [6, 6.07) is 0. The van der Waals surface area contributed by atoms with E-state index in [1.54, 1.807) is 24.3 Å². The standard InChI is InChI=1S/C16H24O2/c1-5-9-15(10-6-2)13(17)16(11-7-3,12-8-4)14(15)18/h5-8,13-14,17-18H,1-4,9-12H2. The molecule has 1 saturated carbocycles. The van der Waals surface area contributed by atoms with Gasteiger partial charge in [-0.15, -0.1) is 26.3 Å². The minimum Gasteiger partial charge on any atom is -0.392 e. The first-order valence-electron chi connectivity index (χ1n) is 6.35. The Balaban J connectivity index is 3.07. The molecule has 100 valence electrons. The summed E-state index contributed by atoms with van der Waals surface area (Å²) in [5.41, 5.74) is -1.09. The molecule has 0 aromatic heterocycles. The lowest BCUT2D eigenvalue weighted by atomic mass is 9.44. The predicted molar refractivity (Wildman–Crippen MR) is 76.1 cm³/mol. The summed E-state index contributed by atoms with van der Waals surface area (Å²) in [5, 5.41) is 21.2. The van der Waals surface area contributed by atoms with Gasteiger partial charge in [-0.25, -0.2) is 0 Å². The molecule has 1 aliphatic carbocycles. The van der Waals surface area contributed by atoms with Crippen LogP contribution in [0.25, 0.3) is 0 Å². The van der Waals surface area contributed by atoms with Crippen molar-refractivity contribution in [2.75, 3.05) is 0 Å². The molecule has 0 aromatic rings. The second-order valence-electron chi connectivity index (χ2n) is 5.24. The van der Waals surface area contributed by atoms with Gasteiger partial charge in [0.2, 0.25) is 0 Å². The normalized spacial score (nSPS) is 27.9. The van der Waals surface area contributed by atoms with E-state index < -0.39 is 23.0 Å².